The predicted octanol–water partition coefficient (Wildman–Crippen LogP) is 3.28. The van der Waals surface area contributed by atoms with E-state index in [1.165, 1.54) is 19.3 Å². The molecule has 0 radical (unpaired) electrons. The number of nitrogens with zero attached hydrogens (tertiary/aromatic N) is 1. The highest BCUT2D eigenvalue weighted by Gasteiger charge is 2.23. The molecule has 100 valence electrons. The number of likely N-dealkylation sites (tertiary alicyclic amines) is 1. The third-order valence-corrected chi connectivity index (χ3v) is 4.08. The van der Waals surface area contributed by atoms with Crippen LogP contribution in [0.25, 0.3) is 0 Å². The molecular formula is C15H23NO2. The highest BCUT2D eigenvalue weighted by atomic mass is 16.3. The van der Waals surface area contributed by atoms with Crippen LogP contribution in [0.5, 0.6) is 11.5 Å². The molecule has 2 unspecified atom stereocenters. The maximum atomic E-state index is 9.93. The van der Waals surface area contributed by atoms with Gasteiger partial charge in [0.1, 0.15) is 11.5 Å². The summed E-state index contributed by atoms with van der Waals surface area (Å²) in [5, 5.41) is 19.9. The monoisotopic (exact) mass is 249 g/mol. The Morgan fingerprint density at radius 1 is 1.17 bits per heavy atom. The lowest BCUT2D eigenvalue weighted by Gasteiger charge is -2.28. The van der Waals surface area contributed by atoms with Crippen molar-refractivity contribution in [2.75, 3.05) is 13.1 Å². The Kier molecular flexibility index (Phi) is 4.12. The van der Waals surface area contributed by atoms with Crippen LogP contribution in [0, 0.1) is 5.92 Å². The minimum absolute atomic E-state index is 0.0662. The summed E-state index contributed by atoms with van der Waals surface area (Å²) in [7, 11) is 0. The van der Waals surface area contributed by atoms with Gasteiger partial charge in [0.05, 0.1) is 5.56 Å². The first-order valence-corrected chi connectivity index (χ1v) is 6.84. The molecule has 18 heavy (non-hydrogen) atoms. The average Bonchev–Trinajstić information content (AvgIpc) is 2.53. The summed E-state index contributed by atoms with van der Waals surface area (Å²) in [6.45, 7) is 6.44. The van der Waals surface area contributed by atoms with Crippen molar-refractivity contribution >= 4 is 0 Å². The molecule has 1 fully saturated rings. The van der Waals surface area contributed by atoms with Crippen molar-refractivity contribution in [1.29, 1.82) is 0 Å². The van der Waals surface area contributed by atoms with Crippen molar-refractivity contribution in [2.45, 2.75) is 39.2 Å². The van der Waals surface area contributed by atoms with Crippen LogP contribution in [0.2, 0.25) is 0 Å². The van der Waals surface area contributed by atoms with E-state index in [1.807, 2.05) is 0 Å². The zero-order valence-corrected chi connectivity index (χ0v) is 11.3. The number of phenols is 2. The summed E-state index contributed by atoms with van der Waals surface area (Å²) < 4.78 is 0. The zero-order valence-electron chi connectivity index (χ0n) is 11.3. The van der Waals surface area contributed by atoms with Crippen LogP contribution in [0.4, 0.5) is 0 Å². The van der Waals surface area contributed by atoms with Gasteiger partial charge in [0.15, 0.2) is 0 Å². The Hall–Kier alpha value is -1.22. The van der Waals surface area contributed by atoms with Crippen molar-refractivity contribution in [3.63, 3.8) is 0 Å². The number of phenolic OH excluding ortho intramolecular Hbond substituents is 2. The first-order chi connectivity index (χ1) is 8.59. The van der Waals surface area contributed by atoms with Crippen LogP contribution >= 0.6 is 0 Å². The van der Waals surface area contributed by atoms with Gasteiger partial charge in [-0.15, -0.1) is 0 Å². The van der Waals surface area contributed by atoms with Crippen LogP contribution in [0.15, 0.2) is 18.2 Å². The van der Waals surface area contributed by atoms with Gasteiger partial charge in [-0.05, 0) is 57.3 Å². The van der Waals surface area contributed by atoms with E-state index >= 15 is 0 Å². The molecule has 3 heteroatoms. The lowest BCUT2D eigenvalue weighted by Crippen LogP contribution is -2.28. The van der Waals surface area contributed by atoms with Crippen molar-refractivity contribution in [2.24, 2.45) is 5.92 Å². The smallest absolute Gasteiger partial charge is 0.124 e. The fourth-order valence-electron chi connectivity index (χ4n) is 2.82. The van der Waals surface area contributed by atoms with Gasteiger partial charge in [-0.1, -0.05) is 13.0 Å². The first-order valence-electron chi connectivity index (χ1n) is 6.84. The lowest BCUT2D eigenvalue weighted by atomic mass is 10.0. The molecule has 1 heterocycles. The predicted molar refractivity (Wildman–Crippen MR) is 72.8 cm³/mol. The summed E-state index contributed by atoms with van der Waals surface area (Å²) in [6, 6.07) is 5.03. The van der Waals surface area contributed by atoms with E-state index in [9.17, 15) is 10.2 Å². The van der Waals surface area contributed by atoms with E-state index in [0.29, 0.717) is 5.56 Å². The molecule has 1 aliphatic heterocycles. The van der Waals surface area contributed by atoms with E-state index < -0.39 is 0 Å². The molecule has 0 amide bonds. The maximum absolute atomic E-state index is 9.93. The summed E-state index contributed by atoms with van der Waals surface area (Å²) in [5.74, 6) is 1.17. The van der Waals surface area contributed by atoms with Gasteiger partial charge in [-0.3, -0.25) is 4.90 Å². The molecule has 1 aromatic carbocycles. The van der Waals surface area contributed by atoms with E-state index in [0.717, 1.165) is 19.0 Å². The van der Waals surface area contributed by atoms with Crippen molar-refractivity contribution in [1.82, 2.24) is 4.90 Å². The number of aromatic hydroxyl groups is 2. The normalized spacial score (nSPS) is 23.6. The second-order valence-corrected chi connectivity index (χ2v) is 5.46. The molecular weight excluding hydrogens is 226 g/mol. The summed E-state index contributed by atoms with van der Waals surface area (Å²) in [6.07, 6.45) is 3.66. The molecule has 2 atom stereocenters. The van der Waals surface area contributed by atoms with E-state index in [4.69, 9.17) is 0 Å². The fraction of sp³-hybridized carbons (Fsp3) is 0.600. The molecule has 1 aromatic rings. The molecule has 0 saturated carbocycles. The molecule has 1 aliphatic rings. The van der Waals surface area contributed by atoms with Gasteiger partial charge in [0, 0.05) is 6.04 Å². The second kappa shape index (κ2) is 5.61. The van der Waals surface area contributed by atoms with Gasteiger partial charge in [0.2, 0.25) is 0 Å². The third-order valence-electron chi connectivity index (χ3n) is 4.08. The van der Waals surface area contributed by atoms with Gasteiger partial charge in [0.25, 0.3) is 0 Å². The summed E-state index contributed by atoms with van der Waals surface area (Å²) >= 11 is 0. The molecule has 2 rings (SSSR count). The van der Waals surface area contributed by atoms with Crippen molar-refractivity contribution in [3.05, 3.63) is 23.8 Å². The minimum atomic E-state index is 0.0662. The fourth-order valence-corrected chi connectivity index (χ4v) is 2.82. The van der Waals surface area contributed by atoms with Crippen LogP contribution in [0.3, 0.4) is 0 Å². The van der Waals surface area contributed by atoms with Gasteiger partial charge < -0.3 is 10.2 Å². The van der Waals surface area contributed by atoms with Gasteiger partial charge in [-0.2, -0.15) is 0 Å². The average molecular weight is 249 g/mol. The minimum Gasteiger partial charge on any atom is -0.507 e. The van der Waals surface area contributed by atoms with Gasteiger partial charge >= 0.3 is 0 Å². The quantitative estimate of drug-likeness (QED) is 0.845. The summed E-state index contributed by atoms with van der Waals surface area (Å²) in [5.41, 5.74) is 0.659. The highest BCUT2D eigenvalue weighted by molar-refractivity contribution is 5.44. The summed E-state index contributed by atoms with van der Waals surface area (Å²) in [4.78, 5) is 2.36. The van der Waals surface area contributed by atoms with E-state index in [1.54, 1.807) is 18.2 Å². The Labute approximate surface area is 109 Å². The SMILES string of the molecule is CC1CCCN(C(C)c2c(O)cccc2O)CC1. The number of benzene rings is 1. The van der Waals surface area contributed by atoms with Crippen LogP contribution < -0.4 is 0 Å². The third kappa shape index (κ3) is 2.78. The highest BCUT2D eigenvalue weighted by Crippen LogP contribution is 2.36. The lowest BCUT2D eigenvalue weighted by molar-refractivity contribution is 0.209. The van der Waals surface area contributed by atoms with E-state index in [2.05, 4.69) is 18.7 Å². The molecule has 1 saturated heterocycles. The van der Waals surface area contributed by atoms with Crippen molar-refractivity contribution in [3.8, 4) is 11.5 Å². The van der Waals surface area contributed by atoms with Crippen LogP contribution in [-0.2, 0) is 0 Å². The van der Waals surface area contributed by atoms with Crippen LogP contribution in [0.1, 0.15) is 44.7 Å². The Morgan fingerprint density at radius 3 is 2.50 bits per heavy atom. The molecule has 0 spiro atoms. The molecule has 3 nitrogen and oxygen atoms in total. The standard InChI is InChI=1S/C15H23NO2/c1-11-5-4-9-16(10-8-11)12(2)15-13(17)6-3-7-14(15)18/h3,6-7,11-12,17-18H,4-5,8-10H2,1-2H3. The first kappa shape index (κ1) is 13.2. The van der Waals surface area contributed by atoms with Gasteiger partial charge in [-0.25, -0.2) is 0 Å². The molecule has 0 aromatic heterocycles. The topological polar surface area (TPSA) is 43.7 Å². The zero-order chi connectivity index (χ0) is 13.1. The molecule has 2 N–H and O–H groups in total. The van der Waals surface area contributed by atoms with E-state index in [-0.39, 0.29) is 17.5 Å². The Morgan fingerprint density at radius 2 is 1.83 bits per heavy atom. The number of hydrogen-bond donors (Lipinski definition) is 2. The number of rotatable bonds is 2. The largest absolute Gasteiger partial charge is 0.507 e. The molecule has 0 bridgehead atoms. The van der Waals surface area contributed by atoms with Crippen LogP contribution in [-0.4, -0.2) is 28.2 Å². The Bertz CT molecular complexity index is 385. The molecule has 0 aliphatic carbocycles. The second-order valence-electron chi connectivity index (χ2n) is 5.46. The maximum Gasteiger partial charge on any atom is 0.124 e. The number of hydrogen-bond acceptors (Lipinski definition) is 3. The van der Waals surface area contributed by atoms with Crippen molar-refractivity contribution < 1.29 is 10.2 Å². The Balaban J connectivity index is 2.17.